The third kappa shape index (κ3) is 7.26. The van der Waals surface area contributed by atoms with E-state index in [4.69, 9.17) is 9.47 Å². The highest BCUT2D eigenvalue weighted by Crippen LogP contribution is 2.22. The zero-order valence-electron chi connectivity index (χ0n) is 14.8. The zero-order valence-corrected chi connectivity index (χ0v) is 14.8. The standard InChI is InChI=1S/C19H32O3/c1-14(2)19(20)22-13-15(3)12-21-17(5)16(4)11-18-9-7-6-8-10-18/h6-7,11,14-15,17-18H,8-10,12-13H2,1-5H3/b16-11+. The van der Waals surface area contributed by atoms with E-state index in [0.29, 0.717) is 19.1 Å². The molecule has 0 aromatic rings. The molecule has 0 saturated carbocycles. The zero-order chi connectivity index (χ0) is 16.5. The quantitative estimate of drug-likeness (QED) is 0.488. The van der Waals surface area contributed by atoms with Crippen molar-refractivity contribution in [3.63, 3.8) is 0 Å². The van der Waals surface area contributed by atoms with Gasteiger partial charge in [0.05, 0.1) is 25.2 Å². The monoisotopic (exact) mass is 308 g/mol. The van der Waals surface area contributed by atoms with E-state index in [0.717, 1.165) is 6.42 Å². The van der Waals surface area contributed by atoms with Gasteiger partial charge in [-0.25, -0.2) is 0 Å². The molecule has 3 atom stereocenters. The lowest BCUT2D eigenvalue weighted by atomic mass is 9.92. The minimum absolute atomic E-state index is 0.0678. The number of ether oxygens (including phenoxy) is 2. The number of carbonyl (C=O) groups excluding carboxylic acids is 1. The largest absolute Gasteiger partial charge is 0.465 e. The summed E-state index contributed by atoms with van der Waals surface area (Å²) in [4.78, 5) is 11.4. The molecule has 0 aliphatic heterocycles. The normalized spacial score (nSPS) is 21.7. The van der Waals surface area contributed by atoms with Gasteiger partial charge >= 0.3 is 5.97 Å². The second-order valence-corrected chi connectivity index (χ2v) is 6.82. The van der Waals surface area contributed by atoms with Gasteiger partial charge in [0.25, 0.3) is 0 Å². The Morgan fingerprint density at radius 1 is 1.23 bits per heavy atom. The molecule has 0 heterocycles. The Hall–Kier alpha value is -1.09. The van der Waals surface area contributed by atoms with Crippen LogP contribution in [-0.4, -0.2) is 25.3 Å². The van der Waals surface area contributed by atoms with Gasteiger partial charge in [-0.05, 0) is 44.6 Å². The van der Waals surface area contributed by atoms with Crippen molar-refractivity contribution in [3.05, 3.63) is 23.8 Å². The Balaban J connectivity index is 2.28. The van der Waals surface area contributed by atoms with Gasteiger partial charge in [0.2, 0.25) is 0 Å². The van der Waals surface area contributed by atoms with E-state index in [9.17, 15) is 4.79 Å². The van der Waals surface area contributed by atoms with Crippen LogP contribution in [0.5, 0.6) is 0 Å². The lowest BCUT2D eigenvalue weighted by Gasteiger charge is -2.20. The first-order chi connectivity index (χ1) is 10.4. The highest BCUT2D eigenvalue weighted by Gasteiger charge is 2.14. The second kappa shape index (κ2) is 9.83. The Morgan fingerprint density at radius 3 is 2.55 bits per heavy atom. The Kier molecular flexibility index (Phi) is 8.47. The van der Waals surface area contributed by atoms with E-state index in [1.54, 1.807) is 0 Å². The lowest BCUT2D eigenvalue weighted by Crippen LogP contribution is -2.22. The van der Waals surface area contributed by atoms with Crippen molar-refractivity contribution in [2.45, 2.75) is 60.0 Å². The fourth-order valence-electron chi connectivity index (χ4n) is 2.35. The molecule has 0 N–H and O–H groups in total. The van der Waals surface area contributed by atoms with Crippen LogP contribution in [-0.2, 0) is 14.3 Å². The molecule has 0 amide bonds. The van der Waals surface area contributed by atoms with Crippen LogP contribution in [0.4, 0.5) is 0 Å². The third-order valence-corrected chi connectivity index (χ3v) is 4.06. The van der Waals surface area contributed by atoms with Gasteiger partial charge in [0, 0.05) is 5.92 Å². The highest BCUT2D eigenvalue weighted by atomic mass is 16.5. The van der Waals surface area contributed by atoms with Crippen LogP contribution in [0.2, 0.25) is 0 Å². The molecule has 3 heteroatoms. The fourth-order valence-corrected chi connectivity index (χ4v) is 2.35. The van der Waals surface area contributed by atoms with Gasteiger partial charge < -0.3 is 9.47 Å². The van der Waals surface area contributed by atoms with Crippen LogP contribution >= 0.6 is 0 Å². The van der Waals surface area contributed by atoms with Crippen LogP contribution in [0.1, 0.15) is 53.9 Å². The van der Waals surface area contributed by atoms with E-state index in [-0.39, 0.29) is 23.9 Å². The summed E-state index contributed by atoms with van der Waals surface area (Å²) >= 11 is 0. The van der Waals surface area contributed by atoms with Gasteiger partial charge in [0.15, 0.2) is 0 Å². The number of rotatable bonds is 8. The van der Waals surface area contributed by atoms with Gasteiger partial charge in [-0.15, -0.1) is 0 Å². The molecule has 0 aromatic heterocycles. The summed E-state index contributed by atoms with van der Waals surface area (Å²) in [6.45, 7) is 11.0. The van der Waals surface area contributed by atoms with Crippen LogP contribution in [0.15, 0.2) is 23.8 Å². The van der Waals surface area contributed by atoms with E-state index >= 15 is 0 Å². The summed E-state index contributed by atoms with van der Waals surface area (Å²) in [5, 5.41) is 0. The van der Waals surface area contributed by atoms with Gasteiger partial charge in [-0.2, -0.15) is 0 Å². The van der Waals surface area contributed by atoms with Crippen molar-refractivity contribution in [1.82, 2.24) is 0 Å². The molecule has 3 unspecified atom stereocenters. The van der Waals surface area contributed by atoms with Crippen LogP contribution < -0.4 is 0 Å². The Labute approximate surface area is 135 Å². The number of esters is 1. The maximum absolute atomic E-state index is 11.4. The topological polar surface area (TPSA) is 35.5 Å². The average molecular weight is 308 g/mol. The Morgan fingerprint density at radius 2 is 1.95 bits per heavy atom. The lowest BCUT2D eigenvalue weighted by molar-refractivity contribution is -0.149. The van der Waals surface area contributed by atoms with E-state index in [2.05, 4.69) is 32.1 Å². The van der Waals surface area contributed by atoms with Gasteiger partial charge in [0.1, 0.15) is 0 Å². The van der Waals surface area contributed by atoms with Crippen molar-refractivity contribution in [2.75, 3.05) is 13.2 Å². The van der Waals surface area contributed by atoms with Crippen molar-refractivity contribution in [1.29, 1.82) is 0 Å². The van der Waals surface area contributed by atoms with Crippen LogP contribution in [0.3, 0.4) is 0 Å². The summed E-state index contributed by atoms with van der Waals surface area (Å²) in [5.41, 5.74) is 1.30. The number of allylic oxidation sites excluding steroid dienone is 3. The molecule has 1 rings (SSSR count). The average Bonchev–Trinajstić information content (AvgIpc) is 2.50. The van der Waals surface area contributed by atoms with Crippen LogP contribution in [0, 0.1) is 17.8 Å². The van der Waals surface area contributed by atoms with Crippen LogP contribution in [0.25, 0.3) is 0 Å². The molecular formula is C19H32O3. The second-order valence-electron chi connectivity index (χ2n) is 6.82. The van der Waals surface area contributed by atoms with E-state index < -0.39 is 0 Å². The fraction of sp³-hybridized carbons (Fsp3) is 0.737. The molecule has 1 aliphatic carbocycles. The molecule has 0 aromatic carbocycles. The maximum atomic E-state index is 11.4. The number of hydrogen-bond acceptors (Lipinski definition) is 3. The Bertz CT molecular complexity index is 395. The van der Waals surface area contributed by atoms with Gasteiger partial charge in [-0.3, -0.25) is 4.79 Å². The minimum Gasteiger partial charge on any atom is -0.465 e. The maximum Gasteiger partial charge on any atom is 0.308 e. The van der Waals surface area contributed by atoms with Crippen molar-refractivity contribution < 1.29 is 14.3 Å². The summed E-state index contributed by atoms with van der Waals surface area (Å²) in [5.74, 6) is 0.666. The molecular weight excluding hydrogens is 276 g/mol. The first kappa shape index (κ1) is 19.0. The molecule has 3 nitrogen and oxygen atoms in total. The predicted octanol–water partition coefficient (Wildman–Crippen LogP) is 4.53. The smallest absolute Gasteiger partial charge is 0.308 e. The summed E-state index contributed by atoms with van der Waals surface area (Å²) < 4.78 is 11.2. The predicted molar refractivity (Wildman–Crippen MR) is 90.6 cm³/mol. The molecule has 0 saturated heterocycles. The number of carbonyl (C=O) groups is 1. The summed E-state index contributed by atoms with van der Waals surface area (Å²) in [6.07, 6.45) is 10.6. The molecule has 126 valence electrons. The molecule has 1 aliphatic rings. The van der Waals surface area contributed by atoms with E-state index in [1.807, 2.05) is 20.8 Å². The van der Waals surface area contributed by atoms with Crippen molar-refractivity contribution in [3.8, 4) is 0 Å². The molecule has 0 radical (unpaired) electrons. The summed E-state index contributed by atoms with van der Waals surface area (Å²) in [6, 6.07) is 0. The SMILES string of the molecule is C/C(=C\C1CC=CCC1)C(C)OCC(C)COC(=O)C(C)C. The molecule has 22 heavy (non-hydrogen) atoms. The third-order valence-electron chi connectivity index (χ3n) is 4.06. The van der Waals surface area contributed by atoms with Gasteiger partial charge in [-0.1, -0.05) is 39.0 Å². The van der Waals surface area contributed by atoms with E-state index in [1.165, 1.54) is 18.4 Å². The molecule has 0 spiro atoms. The minimum atomic E-state index is -0.138. The van der Waals surface area contributed by atoms with Crippen molar-refractivity contribution in [2.24, 2.45) is 17.8 Å². The number of hydrogen-bond donors (Lipinski definition) is 0. The van der Waals surface area contributed by atoms with Crippen molar-refractivity contribution >= 4 is 5.97 Å². The first-order valence-electron chi connectivity index (χ1n) is 8.51. The highest BCUT2D eigenvalue weighted by molar-refractivity contribution is 5.71. The summed E-state index contributed by atoms with van der Waals surface area (Å²) in [7, 11) is 0. The first-order valence-corrected chi connectivity index (χ1v) is 8.51. The molecule has 0 bridgehead atoms. The molecule has 0 fully saturated rings.